The zero-order valence-corrected chi connectivity index (χ0v) is 15.2. The number of halogens is 1. The zero-order chi connectivity index (χ0) is 17.6. The van der Waals surface area contributed by atoms with E-state index in [1.165, 1.54) is 5.56 Å². The summed E-state index contributed by atoms with van der Waals surface area (Å²) in [6.07, 6.45) is 2.31. The number of hydrogen-bond donors (Lipinski definition) is 2. The third kappa shape index (κ3) is 4.46. The maximum atomic E-state index is 10.5. The second-order valence-electron chi connectivity index (χ2n) is 6.23. The fourth-order valence-corrected chi connectivity index (χ4v) is 3.40. The minimum atomic E-state index is -0.576. The van der Waals surface area contributed by atoms with Gasteiger partial charge in [0.1, 0.15) is 11.5 Å². The van der Waals surface area contributed by atoms with Gasteiger partial charge < -0.3 is 19.9 Å². The second kappa shape index (κ2) is 8.56. The first-order valence-corrected chi connectivity index (χ1v) is 9.02. The van der Waals surface area contributed by atoms with E-state index in [0.717, 1.165) is 49.3 Å². The third-order valence-corrected chi connectivity index (χ3v) is 4.76. The molecular formula is C20H24ClNO3. The van der Waals surface area contributed by atoms with Crippen LogP contribution in [0.1, 0.15) is 29.2 Å². The molecule has 1 unspecified atom stereocenters. The molecule has 0 aromatic heterocycles. The van der Waals surface area contributed by atoms with Gasteiger partial charge in [-0.1, -0.05) is 35.9 Å². The summed E-state index contributed by atoms with van der Waals surface area (Å²) in [7, 11) is 1.61. The average Bonchev–Trinajstić information content (AvgIpc) is 2.64. The van der Waals surface area contributed by atoms with Crippen LogP contribution in [0.2, 0.25) is 5.02 Å². The number of methoxy groups -OCH3 is 1. The van der Waals surface area contributed by atoms with Crippen LogP contribution in [0.25, 0.3) is 0 Å². The summed E-state index contributed by atoms with van der Waals surface area (Å²) < 4.78 is 10.9. The molecule has 0 saturated heterocycles. The topological polar surface area (TPSA) is 50.7 Å². The lowest BCUT2D eigenvalue weighted by molar-refractivity contribution is 0.166. The molecular weight excluding hydrogens is 338 g/mol. The number of aliphatic hydroxyl groups is 1. The summed E-state index contributed by atoms with van der Waals surface area (Å²) in [5.41, 5.74) is 3.20. The van der Waals surface area contributed by atoms with E-state index < -0.39 is 6.10 Å². The molecule has 4 nitrogen and oxygen atoms in total. The number of fused-ring (bicyclic) bond motifs is 1. The van der Waals surface area contributed by atoms with Gasteiger partial charge in [0.15, 0.2) is 0 Å². The van der Waals surface area contributed by atoms with Gasteiger partial charge in [0.2, 0.25) is 0 Å². The van der Waals surface area contributed by atoms with Gasteiger partial charge >= 0.3 is 0 Å². The summed E-state index contributed by atoms with van der Waals surface area (Å²) in [5, 5.41) is 14.4. The Morgan fingerprint density at radius 1 is 1.32 bits per heavy atom. The van der Waals surface area contributed by atoms with Crippen LogP contribution >= 0.6 is 11.6 Å². The molecule has 1 aliphatic rings. The Balaban J connectivity index is 1.52. The largest absolute Gasteiger partial charge is 0.495 e. The molecule has 1 atom stereocenters. The molecule has 2 N–H and O–H groups in total. The molecule has 2 aromatic carbocycles. The van der Waals surface area contributed by atoms with Crippen molar-refractivity contribution in [1.29, 1.82) is 0 Å². The van der Waals surface area contributed by atoms with Crippen LogP contribution in [0.4, 0.5) is 0 Å². The molecule has 134 valence electrons. The lowest BCUT2D eigenvalue weighted by Crippen LogP contribution is -2.24. The van der Waals surface area contributed by atoms with Crippen molar-refractivity contribution in [2.75, 3.05) is 26.8 Å². The SMILES string of the molecule is COc1ccc(CCNCC(O)c2cccc3c2OCCC3)cc1Cl. The first-order chi connectivity index (χ1) is 12.2. The number of hydrogen-bond acceptors (Lipinski definition) is 4. The quantitative estimate of drug-likeness (QED) is 0.741. The van der Waals surface area contributed by atoms with Crippen LogP contribution in [-0.2, 0) is 12.8 Å². The Morgan fingerprint density at radius 3 is 3.00 bits per heavy atom. The van der Waals surface area contributed by atoms with Gasteiger partial charge in [-0.15, -0.1) is 0 Å². The first kappa shape index (κ1) is 18.1. The molecule has 0 radical (unpaired) electrons. The number of ether oxygens (including phenoxy) is 2. The maximum absolute atomic E-state index is 10.5. The van der Waals surface area contributed by atoms with E-state index in [0.29, 0.717) is 17.3 Å². The van der Waals surface area contributed by atoms with Gasteiger partial charge in [0.05, 0.1) is 24.8 Å². The minimum Gasteiger partial charge on any atom is -0.495 e. The van der Waals surface area contributed by atoms with Gasteiger partial charge in [-0.3, -0.25) is 0 Å². The van der Waals surface area contributed by atoms with Crippen LogP contribution in [0.3, 0.4) is 0 Å². The van der Waals surface area contributed by atoms with Crippen molar-refractivity contribution in [3.05, 3.63) is 58.1 Å². The normalized spacial score (nSPS) is 14.5. The lowest BCUT2D eigenvalue weighted by atomic mass is 9.99. The molecule has 2 aromatic rings. The molecule has 0 spiro atoms. The van der Waals surface area contributed by atoms with Crippen LogP contribution in [0, 0.1) is 0 Å². The van der Waals surface area contributed by atoms with Crippen LogP contribution in [0.15, 0.2) is 36.4 Å². The highest BCUT2D eigenvalue weighted by molar-refractivity contribution is 6.32. The van der Waals surface area contributed by atoms with Crippen molar-refractivity contribution in [3.8, 4) is 11.5 Å². The van der Waals surface area contributed by atoms with E-state index >= 15 is 0 Å². The third-order valence-electron chi connectivity index (χ3n) is 4.47. The average molecular weight is 362 g/mol. The second-order valence-corrected chi connectivity index (χ2v) is 6.63. The van der Waals surface area contributed by atoms with Crippen molar-refractivity contribution < 1.29 is 14.6 Å². The van der Waals surface area contributed by atoms with E-state index in [1.54, 1.807) is 7.11 Å². The molecule has 0 saturated carbocycles. The van der Waals surface area contributed by atoms with Gasteiger partial charge in [0, 0.05) is 12.1 Å². The van der Waals surface area contributed by atoms with Crippen molar-refractivity contribution in [2.45, 2.75) is 25.4 Å². The van der Waals surface area contributed by atoms with E-state index in [2.05, 4.69) is 11.4 Å². The van der Waals surface area contributed by atoms with E-state index in [1.807, 2.05) is 30.3 Å². The highest BCUT2D eigenvalue weighted by Gasteiger charge is 2.19. The van der Waals surface area contributed by atoms with Gasteiger partial charge in [0.25, 0.3) is 0 Å². The minimum absolute atomic E-state index is 0.490. The lowest BCUT2D eigenvalue weighted by Gasteiger charge is -2.23. The Kier molecular flexibility index (Phi) is 6.19. The molecule has 0 bridgehead atoms. The van der Waals surface area contributed by atoms with E-state index in [-0.39, 0.29) is 0 Å². The smallest absolute Gasteiger partial charge is 0.137 e. The summed E-state index contributed by atoms with van der Waals surface area (Å²) in [5.74, 6) is 1.55. The van der Waals surface area contributed by atoms with Crippen molar-refractivity contribution in [2.24, 2.45) is 0 Å². The highest BCUT2D eigenvalue weighted by atomic mass is 35.5. The molecule has 0 aliphatic carbocycles. The molecule has 0 amide bonds. The monoisotopic (exact) mass is 361 g/mol. The van der Waals surface area contributed by atoms with Crippen molar-refractivity contribution in [3.63, 3.8) is 0 Å². The summed E-state index contributed by atoms with van der Waals surface area (Å²) in [6, 6.07) is 11.8. The number of rotatable bonds is 7. The molecule has 1 aliphatic heterocycles. The summed E-state index contributed by atoms with van der Waals surface area (Å²) in [6.45, 7) is 1.97. The van der Waals surface area contributed by atoms with Crippen molar-refractivity contribution in [1.82, 2.24) is 5.32 Å². The molecule has 0 fully saturated rings. The molecule has 1 heterocycles. The first-order valence-electron chi connectivity index (χ1n) is 8.65. The zero-order valence-electron chi connectivity index (χ0n) is 14.4. The standard InChI is InChI=1S/C20H24ClNO3/c1-24-19-8-7-14(12-17(19)21)9-10-22-13-18(23)16-6-2-4-15-5-3-11-25-20(15)16/h2,4,6-8,12,18,22-23H,3,5,9-11,13H2,1H3. The molecule has 3 rings (SSSR count). The van der Waals surface area contributed by atoms with Crippen LogP contribution < -0.4 is 14.8 Å². The highest BCUT2D eigenvalue weighted by Crippen LogP contribution is 2.32. The van der Waals surface area contributed by atoms with Crippen molar-refractivity contribution >= 4 is 11.6 Å². The number of para-hydroxylation sites is 1. The Morgan fingerprint density at radius 2 is 2.20 bits per heavy atom. The maximum Gasteiger partial charge on any atom is 0.137 e. The summed E-state index contributed by atoms with van der Waals surface area (Å²) >= 11 is 6.14. The van der Waals surface area contributed by atoms with Gasteiger partial charge in [-0.05, 0) is 49.1 Å². The van der Waals surface area contributed by atoms with Crippen LogP contribution in [-0.4, -0.2) is 31.9 Å². The van der Waals surface area contributed by atoms with Crippen LogP contribution in [0.5, 0.6) is 11.5 Å². The van der Waals surface area contributed by atoms with Gasteiger partial charge in [-0.2, -0.15) is 0 Å². The van der Waals surface area contributed by atoms with Gasteiger partial charge in [-0.25, -0.2) is 0 Å². The van der Waals surface area contributed by atoms with E-state index in [4.69, 9.17) is 21.1 Å². The predicted molar refractivity (Wildman–Crippen MR) is 99.8 cm³/mol. The number of nitrogens with one attached hydrogen (secondary N) is 1. The number of benzene rings is 2. The Hall–Kier alpha value is -1.75. The Labute approximate surface area is 153 Å². The summed E-state index contributed by atoms with van der Waals surface area (Å²) in [4.78, 5) is 0. The fraction of sp³-hybridized carbons (Fsp3) is 0.400. The molecule has 5 heteroatoms. The van der Waals surface area contributed by atoms with E-state index in [9.17, 15) is 5.11 Å². The number of aliphatic hydroxyl groups excluding tert-OH is 1. The Bertz CT molecular complexity index is 720. The predicted octanol–water partition coefficient (Wildman–Crippen LogP) is 3.54. The molecule has 25 heavy (non-hydrogen) atoms. The fourth-order valence-electron chi connectivity index (χ4n) is 3.12. The number of aryl methyl sites for hydroxylation is 1.